The van der Waals surface area contributed by atoms with Gasteiger partial charge in [0.15, 0.2) is 11.2 Å². The molecular weight excluding hydrogens is 340 g/mol. The summed E-state index contributed by atoms with van der Waals surface area (Å²) in [6.45, 7) is 1.56. The average Bonchev–Trinajstić information content (AvgIpc) is 3.04. The Morgan fingerprint density at radius 2 is 1.92 bits per heavy atom. The Hall–Kier alpha value is -2.29. The number of rotatable bonds is 8. The summed E-state index contributed by atoms with van der Waals surface area (Å²) in [4.78, 5) is 20.3. The summed E-state index contributed by atoms with van der Waals surface area (Å²) in [6, 6.07) is 2.73. The lowest BCUT2D eigenvalue weighted by molar-refractivity contribution is 0.102. The molecule has 2 heterocycles. The van der Waals surface area contributed by atoms with E-state index in [0.29, 0.717) is 5.13 Å². The van der Waals surface area contributed by atoms with Crippen molar-refractivity contribution in [3.63, 3.8) is 0 Å². The summed E-state index contributed by atoms with van der Waals surface area (Å²) in [5.41, 5.74) is 0.183. The molecule has 2 aromatic heterocycles. The van der Waals surface area contributed by atoms with Crippen LogP contribution in [0, 0.1) is 0 Å². The van der Waals surface area contributed by atoms with Crippen LogP contribution >= 0.6 is 11.3 Å². The van der Waals surface area contributed by atoms with Gasteiger partial charge in [0.2, 0.25) is 11.8 Å². The number of hydrogen-bond acceptors (Lipinski definition) is 6. The Morgan fingerprint density at radius 1 is 1.25 bits per heavy atom. The monoisotopic (exact) mass is 357 g/mol. The second kappa shape index (κ2) is 8.53. The Balaban J connectivity index is 2.25. The largest absolute Gasteiger partial charge is 0.475 e. The number of halogens is 2. The van der Waals surface area contributed by atoms with Gasteiger partial charge in [-0.1, -0.05) is 0 Å². The van der Waals surface area contributed by atoms with Gasteiger partial charge in [0.1, 0.15) is 13.3 Å². The highest BCUT2D eigenvalue weighted by atomic mass is 32.1. The van der Waals surface area contributed by atoms with Crippen molar-refractivity contribution in [2.24, 2.45) is 0 Å². The summed E-state index contributed by atoms with van der Waals surface area (Å²) in [5, 5.41) is 4.75. The highest BCUT2D eigenvalue weighted by Gasteiger charge is 2.17. The lowest BCUT2D eigenvalue weighted by atomic mass is 10.2. The van der Waals surface area contributed by atoms with Gasteiger partial charge in [0.05, 0.1) is 11.7 Å². The van der Waals surface area contributed by atoms with E-state index in [1.54, 1.807) is 25.4 Å². The van der Waals surface area contributed by atoms with Gasteiger partial charge in [-0.25, -0.2) is 13.8 Å². The molecule has 1 N–H and O–H groups in total. The third kappa shape index (κ3) is 5.12. The quantitative estimate of drug-likeness (QED) is 0.785. The molecule has 2 rings (SSSR count). The van der Waals surface area contributed by atoms with Crippen LogP contribution in [-0.2, 0) is 0 Å². The van der Waals surface area contributed by atoms with Crippen molar-refractivity contribution in [3.05, 3.63) is 29.3 Å². The minimum atomic E-state index is -1.28. The molecule has 0 atom stereocenters. The average molecular weight is 357 g/mol. The summed E-state index contributed by atoms with van der Waals surface area (Å²) in [7, 11) is 0. The van der Waals surface area contributed by atoms with Crippen molar-refractivity contribution < 1.29 is 23.0 Å². The van der Waals surface area contributed by atoms with Crippen LogP contribution in [-0.4, -0.2) is 41.4 Å². The maximum atomic E-state index is 12.7. The topological polar surface area (TPSA) is 73.3 Å². The second-order valence-electron chi connectivity index (χ2n) is 5.04. The van der Waals surface area contributed by atoms with Crippen molar-refractivity contribution in [1.29, 1.82) is 0 Å². The number of ether oxygens (including phenoxy) is 2. The lowest BCUT2D eigenvalue weighted by Crippen LogP contribution is -2.22. The maximum Gasteiger partial charge on any atom is 0.257 e. The Morgan fingerprint density at radius 3 is 2.46 bits per heavy atom. The van der Waals surface area contributed by atoms with E-state index in [4.69, 9.17) is 9.47 Å². The van der Waals surface area contributed by atoms with E-state index in [2.05, 4.69) is 15.3 Å². The van der Waals surface area contributed by atoms with Crippen molar-refractivity contribution in [2.75, 3.05) is 18.7 Å². The molecule has 0 fully saturated rings. The fourth-order valence-electron chi connectivity index (χ4n) is 1.70. The first-order valence-electron chi connectivity index (χ1n) is 7.20. The number of hydrogen-bond donors (Lipinski definition) is 1. The number of nitrogens with zero attached hydrogens (tertiary/aromatic N) is 2. The molecule has 0 aliphatic rings. The van der Waals surface area contributed by atoms with Crippen molar-refractivity contribution >= 4 is 22.4 Å². The van der Waals surface area contributed by atoms with E-state index >= 15 is 0 Å². The van der Waals surface area contributed by atoms with Gasteiger partial charge in [0, 0.05) is 23.7 Å². The Kier molecular flexibility index (Phi) is 6.42. The highest BCUT2D eigenvalue weighted by molar-refractivity contribution is 7.13. The van der Waals surface area contributed by atoms with E-state index in [1.807, 2.05) is 0 Å². The Labute approximate surface area is 141 Å². The van der Waals surface area contributed by atoms with E-state index in [9.17, 15) is 13.6 Å². The van der Waals surface area contributed by atoms with Crippen LogP contribution < -0.4 is 14.8 Å². The van der Waals surface area contributed by atoms with Crippen molar-refractivity contribution in [2.45, 2.75) is 26.1 Å². The van der Waals surface area contributed by atoms with E-state index in [-0.39, 0.29) is 23.4 Å². The lowest BCUT2D eigenvalue weighted by Gasteiger charge is -2.15. The predicted molar refractivity (Wildman–Crippen MR) is 86.4 cm³/mol. The van der Waals surface area contributed by atoms with E-state index in [0.717, 1.165) is 0 Å². The third-order valence-corrected chi connectivity index (χ3v) is 3.37. The third-order valence-electron chi connectivity index (χ3n) is 2.68. The first kappa shape index (κ1) is 18.1. The molecule has 0 saturated carbocycles. The zero-order valence-corrected chi connectivity index (χ0v) is 14.0. The second-order valence-corrected chi connectivity index (χ2v) is 5.93. The van der Waals surface area contributed by atoms with Crippen LogP contribution in [0.1, 0.15) is 24.2 Å². The number of carbonyl (C=O) groups excluding carboxylic acids is 1. The molecule has 0 aromatic carbocycles. The number of amides is 1. The smallest absolute Gasteiger partial charge is 0.257 e. The fraction of sp³-hybridized carbons (Fsp3) is 0.400. The molecule has 0 aliphatic heterocycles. The molecule has 2 aromatic rings. The van der Waals surface area contributed by atoms with Crippen LogP contribution in [0.15, 0.2) is 23.7 Å². The van der Waals surface area contributed by atoms with Crippen LogP contribution in [0.4, 0.5) is 13.9 Å². The number of anilines is 1. The number of aromatic nitrogens is 2. The predicted octanol–water partition coefficient (Wildman–Crippen LogP) is 3.26. The molecule has 6 nitrogen and oxygen atoms in total. The summed E-state index contributed by atoms with van der Waals surface area (Å²) >= 11 is 1.26. The van der Waals surface area contributed by atoms with Crippen LogP contribution in [0.25, 0.3) is 0 Å². The van der Waals surface area contributed by atoms with Gasteiger partial charge in [-0.15, -0.1) is 11.3 Å². The SMILES string of the molecule is CC(C)Oc1cc(C(=O)Nc2nccs2)cc(OC(CF)CF)n1. The first-order chi connectivity index (χ1) is 11.5. The molecule has 130 valence electrons. The highest BCUT2D eigenvalue weighted by Crippen LogP contribution is 2.22. The van der Waals surface area contributed by atoms with Crippen LogP contribution in [0.3, 0.4) is 0 Å². The molecule has 0 saturated heterocycles. The summed E-state index contributed by atoms with van der Waals surface area (Å²) < 4.78 is 35.9. The molecule has 24 heavy (non-hydrogen) atoms. The van der Waals surface area contributed by atoms with E-state index < -0.39 is 25.4 Å². The number of pyridine rings is 1. The summed E-state index contributed by atoms with van der Waals surface area (Å²) in [5.74, 6) is -0.413. The summed E-state index contributed by atoms with van der Waals surface area (Å²) in [6.07, 6.45) is 0.0873. The molecule has 9 heteroatoms. The van der Waals surface area contributed by atoms with Gasteiger partial charge >= 0.3 is 0 Å². The van der Waals surface area contributed by atoms with Gasteiger partial charge in [-0.3, -0.25) is 10.1 Å². The fourth-order valence-corrected chi connectivity index (χ4v) is 2.23. The van der Waals surface area contributed by atoms with Gasteiger partial charge in [-0.05, 0) is 13.8 Å². The number of thiazole rings is 1. The first-order valence-corrected chi connectivity index (χ1v) is 8.08. The molecule has 0 radical (unpaired) electrons. The number of alkyl halides is 2. The van der Waals surface area contributed by atoms with Gasteiger partial charge in [0.25, 0.3) is 5.91 Å². The normalized spacial score (nSPS) is 10.9. The zero-order valence-electron chi connectivity index (χ0n) is 13.2. The Bertz CT molecular complexity index is 664. The van der Waals surface area contributed by atoms with Crippen LogP contribution in [0.2, 0.25) is 0 Å². The van der Waals surface area contributed by atoms with Crippen molar-refractivity contribution in [3.8, 4) is 11.8 Å². The molecule has 0 spiro atoms. The number of carbonyl (C=O) groups is 1. The minimum Gasteiger partial charge on any atom is -0.475 e. The van der Waals surface area contributed by atoms with Gasteiger partial charge in [-0.2, -0.15) is 4.98 Å². The standard InChI is InChI=1S/C15H17F2N3O3S/c1-9(2)22-12-5-10(14(21)20-15-18-3-4-24-15)6-13(19-12)23-11(7-16)8-17/h3-6,9,11H,7-8H2,1-2H3,(H,18,20,21). The minimum absolute atomic E-state index is 0.0854. The maximum absolute atomic E-state index is 12.7. The van der Waals surface area contributed by atoms with E-state index in [1.165, 1.54) is 23.5 Å². The molecular formula is C15H17F2N3O3S. The molecule has 1 amide bonds. The van der Waals surface area contributed by atoms with Gasteiger partial charge < -0.3 is 9.47 Å². The van der Waals surface area contributed by atoms with Crippen LogP contribution in [0.5, 0.6) is 11.8 Å². The number of nitrogens with one attached hydrogen (secondary N) is 1. The molecule has 0 aliphatic carbocycles. The molecule has 0 bridgehead atoms. The van der Waals surface area contributed by atoms with Crippen molar-refractivity contribution in [1.82, 2.24) is 9.97 Å². The molecule has 0 unspecified atom stereocenters. The zero-order chi connectivity index (χ0) is 17.5.